The fourth-order valence-electron chi connectivity index (χ4n) is 2.98. The van der Waals surface area contributed by atoms with Crippen molar-refractivity contribution >= 4 is 35.1 Å². The summed E-state index contributed by atoms with van der Waals surface area (Å²) < 4.78 is 0. The Morgan fingerprint density at radius 1 is 1.33 bits per heavy atom. The average Bonchev–Trinajstić information content (AvgIpc) is 2.54. The number of hydrogen-bond donors (Lipinski definition) is 2. The maximum absolute atomic E-state index is 12.9. The molecule has 2 rings (SSSR count). The summed E-state index contributed by atoms with van der Waals surface area (Å²) in [6.45, 7) is 1.98. The molecule has 0 aliphatic carbocycles. The lowest BCUT2D eigenvalue weighted by molar-refractivity contribution is -0.137. The zero-order chi connectivity index (χ0) is 17.7. The van der Waals surface area contributed by atoms with Crippen molar-refractivity contribution < 1.29 is 19.5 Å². The summed E-state index contributed by atoms with van der Waals surface area (Å²) in [6, 6.07) is 4.69. The summed E-state index contributed by atoms with van der Waals surface area (Å²) in [5.74, 6) is -1.31. The van der Waals surface area contributed by atoms with Gasteiger partial charge in [-0.05, 0) is 43.9 Å². The third-order valence-corrected chi connectivity index (χ3v) is 4.43. The summed E-state index contributed by atoms with van der Waals surface area (Å²) in [6.07, 6.45) is 3.13. The molecule has 1 aromatic carbocycles. The fraction of sp³-hybridized carbons (Fsp3) is 0.471. The Morgan fingerprint density at radius 3 is 2.75 bits per heavy atom. The Kier molecular flexibility index (Phi) is 6.20. The van der Waals surface area contributed by atoms with Gasteiger partial charge < -0.3 is 15.3 Å². The quantitative estimate of drug-likeness (QED) is 0.852. The van der Waals surface area contributed by atoms with E-state index in [0.29, 0.717) is 29.2 Å². The number of anilines is 1. The zero-order valence-electron chi connectivity index (χ0n) is 13.5. The van der Waals surface area contributed by atoms with Crippen molar-refractivity contribution in [3.05, 3.63) is 28.8 Å². The Morgan fingerprint density at radius 2 is 2.08 bits per heavy atom. The Hall–Kier alpha value is -2.08. The number of nitrogens with zero attached hydrogens (tertiary/aromatic N) is 1. The van der Waals surface area contributed by atoms with E-state index in [0.717, 1.165) is 19.3 Å². The molecule has 0 aromatic heterocycles. The van der Waals surface area contributed by atoms with Gasteiger partial charge in [0, 0.05) is 31.6 Å². The number of carboxylic acids is 1. The van der Waals surface area contributed by atoms with E-state index >= 15 is 0 Å². The molecule has 1 atom stereocenters. The molecule has 1 saturated heterocycles. The standard InChI is InChI=1S/C17H21ClN2O4/c1-11(21)19-12-5-7-15(18)14(10-12)17(24)20-9-3-2-4-13(20)6-8-16(22)23/h5,7,10,13H,2-4,6,8-9H2,1H3,(H,19,21)(H,22,23). The summed E-state index contributed by atoms with van der Waals surface area (Å²) in [5, 5.41) is 11.8. The molecule has 0 saturated carbocycles. The first kappa shape index (κ1) is 18.3. The first-order valence-corrected chi connectivity index (χ1v) is 8.36. The van der Waals surface area contributed by atoms with Crippen LogP contribution in [0.15, 0.2) is 18.2 Å². The van der Waals surface area contributed by atoms with Crippen LogP contribution in [0.4, 0.5) is 5.69 Å². The average molecular weight is 353 g/mol. The van der Waals surface area contributed by atoms with E-state index in [4.69, 9.17) is 16.7 Å². The van der Waals surface area contributed by atoms with Gasteiger partial charge in [0.25, 0.3) is 5.91 Å². The number of piperidine rings is 1. The minimum absolute atomic E-state index is 0.0358. The molecule has 7 heteroatoms. The maximum atomic E-state index is 12.9. The van der Waals surface area contributed by atoms with Gasteiger partial charge in [0.15, 0.2) is 0 Å². The van der Waals surface area contributed by atoms with E-state index in [1.165, 1.54) is 6.92 Å². The van der Waals surface area contributed by atoms with Gasteiger partial charge >= 0.3 is 5.97 Å². The van der Waals surface area contributed by atoms with Gasteiger partial charge in [0.05, 0.1) is 10.6 Å². The monoisotopic (exact) mass is 352 g/mol. The van der Waals surface area contributed by atoms with Gasteiger partial charge in [-0.15, -0.1) is 0 Å². The first-order chi connectivity index (χ1) is 11.4. The van der Waals surface area contributed by atoms with Crippen LogP contribution >= 0.6 is 11.6 Å². The van der Waals surface area contributed by atoms with Crippen molar-refractivity contribution in [2.75, 3.05) is 11.9 Å². The predicted molar refractivity (Wildman–Crippen MR) is 91.3 cm³/mol. The fourth-order valence-corrected chi connectivity index (χ4v) is 3.18. The number of carboxylic acid groups (broad SMARTS) is 1. The lowest BCUT2D eigenvalue weighted by Crippen LogP contribution is -2.44. The zero-order valence-corrected chi connectivity index (χ0v) is 14.3. The molecule has 1 unspecified atom stereocenters. The minimum atomic E-state index is -0.862. The molecule has 1 aromatic rings. The van der Waals surface area contributed by atoms with Crippen molar-refractivity contribution in [3.8, 4) is 0 Å². The van der Waals surface area contributed by atoms with Crippen LogP contribution < -0.4 is 5.32 Å². The summed E-state index contributed by atoms with van der Waals surface area (Å²) in [5.41, 5.74) is 0.833. The number of halogens is 1. The third-order valence-electron chi connectivity index (χ3n) is 4.10. The highest BCUT2D eigenvalue weighted by molar-refractivity contribution is 6.34. The number of aliphatic carboxylic acids is 1. The summed E-state index contributed by atoms with van der Waals surface area (Å²) in [7, 11) is 0. The number of likely N-dealkylation sites (tertiary alicyclic amines) is 1. The van der Waals surface area contributed by atoms with Crippen molar-refractivity contribution in [2.24, 2.45) is 0 Å². The maximum Gasteiger partial charge on any atom is 0.303 e. The molecule has 6 nitrogen and oxygen atoms in total. The van der Waals surface area contributed by atoms with Crippen molar-refractivity contribution in [1.29, 1.82) is 0 Å². The van der Waals surface area contributed by atoms with Crippen LogP contribution in [0.3, 0.4) is 0 Å². The van der Waals surface area contributed by atoms with Crippen molar-refractivity contribution in [2.45, 2.75) is 45.1 Å². The van der Waals surface area contributed by atoms with E-state index < -0.39 is 5.97 Å². The molecule has 24 heavy (non-hydrogen) atoms. The van der Waals surface area contributed by atoms with Gasteiger partial charge in [-0.1, -0.05) is 11.6 Å². The smallest absolute Gasteiger partial charge is 0.303 e. The molecule has 0 radical (unpaired) electrons. The highest BCUT2D eigenvalue weighted by Crippen LogP contribution is 2.27. The molecule has 1 heterocycles. The topological polar surface area (TPSA) is 86.7 Å². The van der Waals surface area contributed by atoms with E-state index in [9.17, 15) is 14.4 Å². The highest BCUT2D eigenvalue weighted by atomic mass is 35.5. The van der Waals surface area contributed by atoms with Crippen LogP contribution in [-0.4, -0.2) is 40.4 Å². The molecule has 130 valence electrons. The van der Waals surface area contributed by atoms with Crippen molar-refractivity contribution in [3.63, 3.8) is 0 Å². The normalized spacial score (nSPS) is 17.4. The number of hydrogen-bond acceptors (Lipinski definition) is 3. The van der Waals surface area contributed by atoms with Crippen LogP contribution in [0.1, 0.15) is 49.4 Å². The van der Waals surface area contributed by atoms with E-state index in [2.05, 4.69) is 5.32 Å². The lowest BCUT2D eigenvalue weighted by atomic mass is 9.97. The van der Waals surface area contributed by atoms with Crippen LogP contribution in [0, 0.1) is 0 Å². The SMILES string of the molecule is CC(=O)Nc1ccc(Cl)c(C(=O)N2CCCCC2CCC(=O)O)c1. The first-order valence-electron chi connectivity index (χ1n) is 7.98. The largest absolute Gasteiger partial charge is 0.481 e. The van der Waals surface area contributed by atoms with E-state index in [1.54, 1.807) is 23.1 Å². The number of carbonyl (C=O) groups is 3. The van der Waals surface area contributed by atoms with Gasteiger partial charge in [0.2, 0.25) is 5.91 Å². The number of benzene rings is 1. The van der Waals surface area contributed by atoms with Gasteiger partial charge in [-0.25, -0.2) is 0 Å². The van der Waals surface area contributed by atoms with Crippen molar-refractivity contribution in [1.82, 2.24) is 4.90 Å². The molecular formula is C17H21ClN2O4. The number of carbonyl (C=O) groups excluding carboxylic acids is 2. The molecule has 2 N–H and O–H groups in total. The molecule has 0 spiro atoms. The van der Waals surface area contributed by atoms with Crippen LogP contribution in [-0.2, 0) is 9.59 Å². The van der Waals surface area contributed by atoms with E-state index in [-0.39, 0.29) is 24.3 Å². The van der Waals surface area contributed by atoms with Gasteiger partial charge in [-0.3, -0.25) is 14.4 Å². The molecular weight excluding hydrogens is 332 g/mol. The number of amides is 2. The molecule has 1 aliphatic heterocycles. The number of rotatable bonds is 5. The Balaban J connectivity index is 2.21. The van der Waals surface area contributed by atoms with Crippen LogP contribution in [0.25, 0.3) is 0 Å². The molecule has 2 amide bonds. The molecule has 1 aliphatic rings. The molecule has 0 bridgehead atoms. The highest BCUT2D eigenvalue weighted by Gasteiger charge is 2.29. The van der Waals surface area contributed by atoms with Crippen LogP contribution in [0.2, 0.25) is 5.02 Å². The number of nitrogens with one attached hydrogen (secondary N) is 1. The summed E-state index contributed by atoms with van der Waals surface area (Å²) >= 11 is 6.17. The second kappa shape index (κ2) is 8.15. The lowest BCUT2D eigenvalue weighted by Gasteiger charge is -2.36. The van der Waals surface area contributed by atoms with Gasteiger partial charge in [-0.2, -0.15) is 0 Å². The second-order valence-corrected chi connectivity index (χ2v) is 6.36. The summed E-state index contributed by atoms with van der Waals surface area (Å²) in [4.78, 5) is 36.6. The van der Waals surface area contributed by atoms with Gasteiger partial charge in [0.1, 0.15) is 0 Å². The Bertz CT molecular complexity index is 647. The second-order valence-electron chi connectivity index (χ2n) is 5.96. The predicted octanol–water partition coefficient (Wildman–Crippen LogP) is 3.16. The van der Waals surface area contributed by atoms with E-state index in [1.807, 2.05) is 0 Å². The molecule has 1 fully saturated rings. The Labute approximate surface area is 145 Å². The third kappa shape index (κ3) is 4.71. The minimum Gasteiger partial charge on any atom is -0.481 e. The van der Waals surface area contributed by atoms with Crippen LogP contribution in [0.5, 0.6) is 0 Å².